The molecule has 0 bridgehead atoms. The van der Waals surface area contributed by atoms with Gasteiger partial charge < -0.3 is 14.6 Å². The number of carbonyl (C=O) groups excluding carboxylic acids is 3. The van der Waals surface area contributed by atoms with Crippen LogP contribution in [0.5, 0.6) is 0 Å². The zero-order valence-corrected chi connectivity index (χ0v) is 17.9. The van der Waals surface area contributed by atoms with E-state index in [2.05, 4.69) is 6.92 Å². The van der Waals surface area contributed by atoms with Crippen molar-refractivity contribution in [3.05, 3.63) is 0 Å². The lowest BCUT2D eigenvalue weighted by Crippen LogP contribution is -2.02. The molecule has 2 fully saturated rings. The van der Waals surface area contributed by atoms with Crippen LogP contribution in [0.25, 0.3) is 0 Å². The maximum Gasteiger partial charge on any atom is 0.305 e. The zero-order valence-electron chi connectivity index (χ0n) is 17.9. The predicted molar refractivity (Wildman–Crippen MR) is 110 cm³/mol. The molecule has 1 heterocycles. The van der Waals surface area contributed by atoms with Crippen LogP contribution in [0.4, 0.5) is 0 Å². The lowest BCUT2D eigenvalue weighted by molar-refractivity contribution is -0.142. The fraction of sp³-hybridized carbons (Fsp3) is 0.818. The number of rotatable bonds is 6. The number of carbonyl (C=O) groups is 4. The summed E-state index contributed by atoms with van der Waals surface area (Å²) in [6, 6.07) is 0. The number of aldehydes is 1. The molecule has 0 amide bonds. The molecule has 6 heteroatoms. The van der Waals surface area contributed by atoms with Crippen molar-refractivity contribution in [1.29, 1.82) is 0 Å². The number of ketones is 1. The minimum atomic E-state index is -0.693. The van der Waals surface area contributed by atoms with E-state index in [0.29, 0.717) is 25.2 Å². The minimum Gasteiger partial charge on any atom is -0.481 e. The fourth-order valence-electron chi connectivity index (χ4n) is 2.37. The standard InChI is InChI=1S/C6H10O2.C6H10O.C5H10O2.C5H10O/c7-6-4-2-1-3-5-8-6;7-6-4-2-1-3-5-6;1-2-3-4-5(6)7;1-2-3-4-5-6/h1-5H2;1-5H2;2-4H2,1H3,(H,6,7);5H,2-4H2,1H3. The average molecular weight is 401 g/mol. The molecule has 1 aliphatic carbocycles. The SMILES string of the molecule is CCCCC(=O)O.CCCCC=O.O=C1CCCCC1.O=C1CCCCCO1. The second kappa shape index (κ2) is 23.3. The van der Waals surface area contributed by atoms with E-state index in [0.717, 1.165) is 83.3 Å². The minimum absolute atomic E-state index is 0.0255. The van der Waals surface area contributed by atoms with E-state index in [4.69, 9.17) is 9.84 Å². The molecule has 6 nitrogen and oxygen atoms in total. The predicted octanol–water partition coefficient (Wildman–Crippen LogP) is 5.26. The van der Waals surface area contributed by atoms with Gasteiger partial charge in [-0.3, -0.25) is 14.4 Å². The molecule has 0 radical (unpaired) electrons. The first kappa shape index (κ1) is 28.5. The van der Waals surface area contributed by atoms with Crippen molar-refractivity contribution in [3.8, 4) is 0 Å². The molecule has 2 aliphatic rings. The van der Waals surface area contributed by atoms with Crippen LogP contribution in [0.1, 0.15) is 110 Å². The molecule has 1 saturated heterocycles. The topological polar surface area (TPSA) is 97.7 Å². The number of cyclic esters (lactones) is 1. The molecule has 0 atom stereocenters. The maximum absolute atomic E-state index is 10.5. The van der Waals surface area contributed by atoms with Gasteiger partial charge in [0, 0.05) is 32.1 Å². The second-order valence-corrected chi connectivity index (χ2v) is 6.94. The lowest BCUT2D eigenvalue weighted by atomic mass is 10.00. The number of ether oxygens (including phenoxy) is 1. The van der Waals surface area contributed by atoms with Crippen molar-refractivity contribution in [1.82, 2.24) is 0 Å². The van der Waals surface area contributed by atoms with Gasteiger partial charge in [-0.15, -0.1) is 0 Å². The molecule has 1 aliphatic heterocycles. The Hall–Kier alpha value is -1.72. The molecule has 0 aromatic carbocycles. The highest BCUT2D eigenvalue weighted by Gasteiger charge is 2.06. The summed E-state index contributed by atoms with van der Waals surface area (Å²) in [7, 11) is 0. The molecule has 0 aromatic heterocycles. The van der Waals surface area contributed by atoms with Gasteiger partial charge in [0.25, 0.3) is 0 Å². The quantitative estimate of drug-likeness (QED) is 0.371. The van der Waals surface area contributed by atoms with Gasteiger partial charge in [0.2, 0.25) is 0 Å². The van der Waals surface area contributed by atoms with Crippen molar-refractivity contribution in [2.24, 2.45) is 0 Å². The first-order valence-electron chi connectivity index (χ1n) is 10.8. The summed E-state index contributed by atoms with van der Waals surface area (Å²) in [6.45, 7) is 4.69. The molecular formula is C22H40O6. The number of aliphatic carboxylic acids is 1. The smallest absolute Gasteiger partial charge is 0.305 e. The van der Waals surface area contributed by atoms with E-state index in [9.17, 15) is 19.2 Å². The van der Waals surface area contributed by atoms with Crippen LogP contribution < -0.4 is 0 Å². The van der Waals surface area contributed by atoms with Crippen LogP contribution in [-0.2, 0) is 23.9 Å². The molecule has 1 N–H and O–H groups in total. The molecule has 28 heavy (non-hydrogen) atoms. The number of carboxylic acids is 1. The van der Waals surface area contributed by atoms with Crippen molar-refractivity contribution in [2.45, 2.75) is 110 Å². The van der Waals surface area contributed by atoms with Crippen molar-refractivity contribution in [2.75, 3.05) is 6.61 Å². The summed E-state index contributed by atoms with van der Waals surface area (Å²) in [6.07, 6.45) is 15.0. The summed E-state index contributed by atoms with van der Waals surface area (Å²) in [5.74, 6) is -0.254. The monoisotopic (exact) mass is 400 g/mol. The Morgan fingerprint density at radius 3 is 1.89 bits per heavy atom. The van der Waals surface area contributed by atoms with Gasteiger partial charge in [0.15, 0.2) is 0 Å². The van der Waals surface area contributed by atoms with Gasteiger partial charge >= 0.3 is 11.9 Å². The number of esters is 1. The molecule has 2 rings (SSSR count). The normalized spacial score (nSPS) is 15.8. The third kappa shape index (κ3) is 26.5. The largest absolute Gasteiger partial charge is 0.481 e. The summed E-state index contributed by atoms with van der Waals surface area (Å²) in [5.41, 5.74) is 0. The van der Waals surface area contributed by atoms with Crippen molar-refractivity contribution >= 4 is 24.0 Å². The van der Waals surface area contributed by atoms with Crippen LogP contribution in [0, 0.1) is 0 Å². The van der Waals surface area contributed by atoms with E-state index < -0.39 is 5.97 Å². The summed E-state index contributed by atoms with van der Waals surface area (Å²) < 4.78 is 4.76. The van der Waals surface area contributed by atoms with Crippen LogP contribution in [-0.4, -0.2) is 35.7 Å². The van der Waals surface area contributed by atoms with E-state index in [-0.39, 0.29) is 5.97 Å². The molecule has 164 valence electrons. The molecule has 1 saturated carbocycles. The molecular weight excluding hydrogens is 360 g/mol. The van der Waals surface area contributed by atoms with E-state index in [1.165, 1.54) is 6.42 Å². The highest BCUT2D eigenvalue weighted by Crippen LogP contribution is 2.12. The van der Waals surface area contributed by atoms with Gasteiger partial charge in [0.1, 0.15) is 12.1 Å². The number of hydrogen-bond acceptors (Lipinski definition) is 5. The Bertz CT molecular complexity index is 388. The summed E-state index contributed by atoms with van der Waals surface area (Å²) in [4.78, 5) is 40.2. The Morgan fingerprint density at radius 1 is 0.929 bits per heavy atom. The summed E-state index contributed by atoms with van der Waals surface area (Å²) in [5, 5.41) is 8.04. The van der Waals surface area contributed by atoms with Crippen molar-refractivity contribution in [3.63, 3.8) is 0 Å². The average Bonchev–Trinajstić information content (AvgIpc) is 2.94. The highest BCUT2D eigenvalue weighted by atomic mass is 16.5. The van der Waals surface area contributed by atoms with E-state index in [1.807, 2.05) is 6.92 Å². The van der Waals surface area contributed by atoms with Crippen molar-refractivity contribution < 1.29 is 29.0 Å². The van der Waals surface area contributed by atoms with Gasteiger partial charge in [-0.05, 0) is 44.9 Å². The first-order valence-corrected chi connectivity index (χ1v) is 10.8. The van der Waals surface area contributed by atoms with E-state index in [1.54, 1.807) is 0 Å². The van der Waals surface area contributed by atoms with Gasteiger partial charge in [-0.25, -0.2) is 0 Å². The van der Waals surface area contributed by atoms with Crippen LogP contribution in [0.3, 0.4) is 0 Å². The van der Waals surface area contributed by atoms with E-state index >= 15 is 0 Å². The maximum atomic E-state index is 10.5. The Balaban J connectivity index is 0. The van der Waals surface area contributed by atoms with Crippen LogP contribution in [0.2, 0.25) is 0 Å². The molecule has 0 spiro atoms. The Labute approximate surface area is 170 Å². The van der Waals surface area contributed by atoms with Crippen LogP contribution >= 0.6 is 0 Å². The number of unbranched alkanes of at least 4 members (excludes halogenated alkanes) is 3. The Morgan fingerprint density at radius 2 is 1.50 bits per heavy atom. The first-order chi connectivity index (χ1) is 13.5. The number of Topliss-reactive ketones (excluding diaryl/α,β-unsaturated/α-hetero) is 1. The number of carboxylic acid groups (broad SMARTS) is 1. The zero-order chi connectivity index (χ0) is 21.5. The summed E-state index contributed by atoms with van der Waals surface area (Å²) >= 11 is 0. The molecule has 0 unspecified atom stereocenters. The highest BCUT2D eigenvalue weighted by molar-refractivity contribution is 5.78. The van der Waals surface area contributed by atoms with Gasteiger partial charge in [-0.2, -0.15) is 0 Å². The third-order valence-corrected chi connectivity index (χ3v) is 4.12. The van der Waals surface area contributed by atoms with Gasteiger partial charge in [-0.1, -0.05) is 33.1 Å². The third-order valence-electron chi connectivity index (χ3n) is 4.12. The fourth-order valence-corrected chi connectivity index (χ4v) is 2.37. The Kier molecular flexibility index (Phi) is 23.7. The second-order valence-electron chi connectivity index (χ2n) is 6.94. The lowest BCUT2D eigenvalue weighted by Gasteiger charge is -2.05. The number of hydrogen-bond donors (Lipinski definition) is 1. The van der Waals surface area contributed by atoms with Gasteiger partial charge in [0.05, 0.1) is 6.61 Å². The molecule has 0 aromatic rings. The van der Waals surface area contributed by atoms with Crippen LogP contribution in [0.15, 0.2) is 0 Å².